The SMILES string of the molecule is Cc1cc(C(CBr)C(=O)C(CBr)c2ccc(OCc3ccccc3)c(C)c2)ccc1OCc1ccccc1. The van der Waals surface area contributed by atoms with Crippen molar-refractivity contribution in [3.05, 3.63) is 130 Å². The molecule has 196 valence electrons. The predicted molar refractivity (Wildman–Crippen MR) is 162 cm³/mol. The van der Waals surface area contributed by atoms with Gasteiger partial charge in [0.25, 0.3) is 0 Å². The summed E-state index contributed by atoms with van der Waals surface area (Å²) in [4.78, 5) is 13.8. The zero-order valence-electron chi connectivity index (χ0n) is 21.7. The van der Waals surface area contributed by atoms with E-state index < -0.39 is 0 Å². The topological polar surface area (TPSA) is 35.5 Å². The molecular formula is C33H32Br2O3. The van der Waals surface area contributed by atoms with Crippen molar-refractivity contribution in [1.82, 2.24) is 0 Å². The summed E-state index contributed by atoms with van der Waals surface area (Å²) in [6.45, 7) is 5.08. The lowest BCUT2D eigenvalue weighted by molar-refractivity contribution is -0.121. The van der Waals surface area contributed by atoms with Crippen molar-refractivity contribution in [2.45, 2.75) is 38.9 Å². The van der Waals surface area contributed by atoms with E-state index in [1.807, 2.05) is 98.8 Å². The summed E-state index contributed by atoms with van der Waals surface area (Å²) in [5, 5.41) is 1.10. The molecular weight excluding hydrogens is 604 g/mol. The first-order valence-electron chi connectivity index (χ1n) is 12.7. The number of carbonyl (C=O) groups is 1. The van der Waals surface area contributed by atoms with E-state index in [0.29, 0.717) is 23.9 Å². The minimum absolute atomic E-state index is 0.174. The maximum Gasteiger partial charge on any atom is 0.149 e. The second kappa shape index (κ2) is 13.8. The van der Waals surface area contributed by atoms with Crippen LogP contribution < -0.4 is 9.47 Å². The molecule has 0 spiro atoms. The Balaban J connectivity index is 1.46. The fourth-order valence-corrected chi connectivity index (χ4v) is 5.86. The Bertz CT molecular complexity index is 1240. The number of Topliss-reactive ketones (excluding diaryl/α,β-unsaturated/α-hetero) is 1. The van der Waals surface area contributed by atoms with E-state index >= 15 is 0 Å². The van der Waals surface area contributed by atoms with Crippen LogP contribution >= 0.6 is 31.9 Å². The largest absolute Gasteiger partial charge is 0.489 e. The Morgan fingerprint density at radius 2 is 1.03 bits per heavy atom. The highest BCUT2D eigenvalue weighted by molar-refractivity contribution is 9.09. The standard InChI is InChI=1S/C33H32Br2O3/c1-23-17-27(13-15-31(23)37-21-25-9-5-3-6-10-25)29(19-34)33(36)30(20-35)28-14-16-32(24(2)18-28)38-22-26-11-7-4-8-12-26/h3-18,29-30H,19-22H2,1-2H3. The van der Waals surface area contributed by atoms with Gasteiger partial charge in [0, 0.05) is 10.7 Å². The summed E-state index contributed by atoms with van der Waals surface area (Å²) in [5.41, 5.74) is 6.25. The fraction of sp³-hybridized carbons (Fsp3) is 0.242. The number of hydrogen-bond acceptors (Lipinski definition) is 3. The molecule has 0 saturated heterocycles. The average molecular weight is 636 g/mol. The van der Waals surface area contributed by atoms with Gasteiger partial charge in [-0.15, -0.1) is 0 Å². The van der Waals surface area contributed by atoms with Gasteiger partial charge in [-0.25, -0.2) is 0 Å². The zero-order chi connectivity index (χ0) is 26.9. The minimum atomic E-state index is -0.270. The molecule has 0 aromatic heterocycles. The Labute approximate surface area is 242 Å². The van der Waals surface area contributed by atoms with Crippen molar-refractivity contribution in [2.24, 2.45) is 0 Å². The monoisotopic (exact) mass is 634 g/mol. The number of hydrogen-bond donors (Lipinski definition) is 0. The highest BCUT2D eigenvalue weighted by Crippen LogP contribution is 2.33. The van der Waals surface area contributed by atoms with Gasteiger partial charge in [-0.2, -0.15) is 0 Å². The van der Waals surface area contributed by atoms with E-state index in [1.165, 1.54) is 0 Å². The van der Waals surface area contributed by atoms with Crippen LogP contribution in [-0.4, -0.2) is 16.4 Å². The van der Waals surface area contributed by atoms with Gasteiger partial charge in [0.05, 0.1) is 11.8 Å². The predicted octanol–water partition coefficient (Wildman–Crippen LogP) is 8.69. The second-order valence-corrected chi connectivity index (χ2v) is 10.7. The van der Waals surface area contributed by atoms with Gasteiger partial charge >= 0.3 is 0 Å². The van der Waals surface area contributed by atoms with Gasteiger partial charge in [-0.05, 0) is 59.4 Å². The van der Waals surface area contributed by atoms with Crippen LogP contribution in [0.15, 0.2) is 97.1 Å². The Hall–Kier alpha value is -2.89. The van der Waals surface area contributed by atoms with Crippen molar-refractivity contribution in [3.8, 4) is 11.5 Å². The summed E-state index contributed by atoms with van der Waals surface area (Å²) >= 11 is 7.22. The van der Waals surface area contributed by atoms with E-state index in [2.05, 4.69) is 44.0 Å². The molecule has 0 fully saturated rings. The van der Waals surface area contributed by atoms with Gasteiger partial charge in [0.2, 0.25) is 0 Å². The summed E-state index contributed by atoms with van der Waals surface area (Å²) in [6, 6.07) is 32.3. The molecule has 2 atom stereocenters. The molecule has 0 N–H and O–H groups in total. The highest BCUT2D eigenvalue weighted by atomic mass is 79.9. The van der Waals surface area contributed by atoms with E-state index in [-0.39, 0.29) is 17.6 Å². The van der Waals surface area contributed by atoms with Crippen LogP contribution in [0.3, 0.4) is 0 Å². The molecule has 5 heteroatoms. The first-order chi connectivity index (χ1) is 18.5. The third-order valence-electron chi connectivity index (χ3n) is 6.67. The van der Waals surface area contributed by atoms with Crippen molar-refractivity contribution in [3.63, 3.8) is 0 Å². The molecule has 2 unspecified atom stereocenters. The first-order valence-corrected chi connectivity index (χ1v) is 14.9. The number of alkyl halides is 2. The van der Waals surface area contributed by atoms with E-state index in [4.69, 9.17) is 9.47 Å². The highest BCUT2D eigenvalue weighted by Gasteiger charge is 2.29. The van der Waals surface area contributed by atoms with Crippen molar-refractivity contribution < 1.29 is 14.3 Å². The lowest BCUT2D eigenvalue weighted by atomic mass is 9.85. The number of carbonyl (C=O) groups excluding carboxylic acids is 1. The molecule has 4 aromatic carbocycles. The van der Waals surface area contributed by atoms with Crippen LogP contribution in [0.4, 0.5) is 0 Å². The maximum absolute atomic E-state index is 13.8. The molecule has 0 aliphatic heterocycles. The summed E-state index contributed by atoms with van der Waals surface area (Å²) in [7, 11) is 0. The normalized spacial score (nSPS) is 12.5. The molecule has 0 radical (unpaired) electrons. The fourth-order valence-electron chi connectivity index (χ4n) is 4.47. The molecule has 0 bridgehead atoms. The number of rotatable bonds is 12. The number of aryl methyl sites for hydroxylation is 2. The maximum atomic E-state index is 13.8. The smallest absolute Gasteiger partial charge is 0.149 e. The summed E-state index contributed by atoms with van der Waals surface area (Å²) in [5.74, 6) is 1.30. The number of benzene rings is 4. The van der Waals surface area contributed by atoms with Gasteiger partial charge in [0.1, 0.15) is 30.5 Å². The Morgan fingerprint density at radius 1 is 0.632 bits per heavy atom. The lowest BCUT2D eigenvalue weighted by Gasteiger charge is -2.22. The van der Waals surface area contributed by atoms with Crippen LogP contribution in [0.5, 0.6) is 11.5 Å². The number of halogens is 2. The average Bonchev–Trinajstić information content (AvgIpc) is 2.94. The second-order valence-electron chi connectivity index (χ2n) is 9.41. The van der Waals surface area contributed by atoms with Gasteiger partial charge in [0.15, 0.2) is 0 Å². The van der Waals surface area contributed by atoms with Crippen LogP contribution in [0, 0.1) is 13.8 Å². The quantitative estimate of drug-likeness (QED) is 0.146. The van der Waals surface area contributed by atoms with Crippen LogP contribution in [0.25, 0.3) is 0 Å². The third kappa shape index (κ3) is 7.15. The minimum Gasteiger partial charge on any atom is -0.489 e. The molecule has 0 amide bonds. The molecule has 0 heterocycles. The molecule has 38 heavy (non-hydrogen) atoms. The summed E-state index contributed by atoms with van der Waals surface area (Å²) < 4.78 is 12.1. The van der Waals surface area contributed by atoms with Crippen LogP contribution in [0.1, 0.15) is 45.2 Å². The third-order valence-corrected chi connectivity index (χ3v) is 7.97. The van der Waals surface area contributed by atoms with Gasteiger partial charge in [-0.1, -0.05) is 117 Å². The van der Waals surface area contributed by atoms with E-state index in [0.717, 1.165) is 44.9 Å². The molecule has 3 nitrogen and oxygen atoms in total. The van der Waals surface area contributed by atoms with Crippen molar-refractivity contribution >= 4 is 37.6 Å². The molecule has 0 saturated carbocycles. The van der Waals surface area contributed by atoms with Gasteiger partial charge in [-0.3, -0.25) is 4.79 Å². The van der Waals surface area contributed by atoms with E-state index in [1.54, 1.807) is 0 Å². The Kier molecular flexibility index (Phi) is 10.2. The Morgan fingerprint density at radius 3 is 1.37 bits per heavy atom. The molecule has 0 aliphatic rings. The number of ketones is 1. The van der Waals surface area contributed by atoms with Crippen molar-refractivity contribution in [2.75, 3.05) is 10.7 Å². The molecule has 4 aromatic rings. The zero-order valence-corrected chi connectivity index (χ0v) is 24.9. The lowest BCUT2D eigenvalue weighted by Crippen LogP contribution is -2.23. The molecule has 0 aliphatic carbocycles. The van der Waals surface area contributed by atoms with Crippen LogP contribution in [0.2, 0.25) is 0 Å². The van der Waals surface area contributed by atoms with Gasteiger partial charge < -0.3 is 9.47 Å². The first kappa shape index (κ1) is 28.1. The molecule has 4 rings (SSSR count). The summed E-state index contributed by atoms with van der Waals surface area (Å²) in [6.07, 6.45) is 0. The van der Waals surface area contributed by atoms with E-state index in [9.17, 15) is 4.79 Å². The van der Waals surface area contributed by atoms with Crippen molar-refractivity contribution in [1.29, 1.82) is 0 Å². The number of ether oxygens (including phenoxy) is 2. The van der Waals surface area contributed by atoms with Crippen LogP contribution in [-0.2, 0) is 18.0 Å².